The zero-order valence-electron chi connectivity index (χ0n) is 25.8. The van der Waals surface area contributed by atoms with E-state index in [2.05, 4.69) is 18.4 Å². The Morgan fingerprint density at radius 3 is 1.51 bits per heavy atom. The standard InChI is InChI=1S/C30H59O10P/c1-3-5-7-9-11-12-13-14-16-18-20-22-30(34)40-28(26-39-41(35,36)38-24-27(32)23-31)25-37-29(33)21-19-17-15-10-8-6-4-2/h27-28,31-32H,3-26H2,1-2H3,(H,35,36). The number of phosphoric acid groups is 1. The molecule has 0 fully saturated rings. The van der Waals surface area contributed by atoms with E-state index in [1.54, 1.807) is 0 Å². The molecule has 41 heavy (non-hydrogen) atoms. The Morgan fingerprint density at radius 2 is 1.05 bits per heavy atom. The molecule has 3 unspecified atom stereocenters. The van der Waals surface area contributed by atoms with Crippen LogP contribution in [0.5, 0.6) is 0 Å². The van der Waals surface area contributed by atoms with Gasteiger partial charge in [0.1, 0.15) is 12.7 Å². The van der Waals surface area contributed by atoms with Crippen LogP contribution in [0.2, 0.25) is 0 Å². The topological polar surface area (TPSA) is 149 Å². The summed E-state index contributed by atoms with van der Waals surface area (Å²) in [5.74, 6) is -0.929. The number of carbonyl (C=O) groups excluding carboxylic acids is 2. The van der Waals surface area contributed by atoms with Gasteiger partial charge >= 0.3 is 19.8 Å². The van der Waals surface area contributed by atoms with Crippen molar-refractivity contribution in [1.29, 1.82) is 0 Å². The fourth-order valence-electron chi connectivity index (χ4n) is 4.23. The molecule has 0 rings (SSSR count). The summed E-state index contributed by atoms with van der Waals surface area (Å²) in [6.07, 6.45) is 18.2. The molecule has 0 saturated carbocycles. The number of hydrogen-bond donors (Lipinski definition) is 3. The summed E-state index contributed by atoms with van der Waals surface area (Å²) >= 11 is 0. The molecule has 3 N–H and O–H groups in total. The predicted molar refractivity (Wildman–Crippen MR) is 159 cm³/mol. The molecule has 244 valence electrons. The third kappa shape index (κ3) is 27.5. The first-order valence-corrected chi connectivity index (χ1v) is 17.5. The highest BCUT2D eigenvalue weighted by Crippen LogP contribution is 2.43. The Kier molecular flexibility index (Phi) is 27.1. The summed E-state index contributed by atoms with van der Waals surface area (Å²) in [5.41, 5.74) is 0. The largest absolute Gasteiger partial charge is 0.472 e. The van der Waals surface area contributed by atoms with Crippen LogP contribution in [-0.2, 0) is 32.7 Å². The number of phosphoric ester groups is 1. The fourth-order valence-corrected chi connectivity index (χ4v) is 5.02. The minimum Gasteiger partial charge on any atom is -0.462 e. The van der Waals surface area contributed by atoms with Gasteiger partial charge in [0.25, 0.3) is 0 Å². The van der Waals surface area contributed by atoms with E-state index in [9.17, 15) is 24.2 Å². The van der Waals surface area contributed by atoms with E-state index in [-0.39, 0.29) is 19.4 Å². The Balaban J connectivity index is 4.44. The molecule has 0 aromatic rings. The van der Waals surface area contributed by atoms with Crippen molar-refractivity contribution in [1.82, 2.24) is 0 Å². The number of aliphatic hydroxyl groups excluding tert-OH is 2. The van der Waals surface area contributed by atoms with Gasteiger partial charge in [-0.05, 0) is 12.8 Å². The van der Waals surface area contributed by atoms with E-state index in [0.717, 1.165) is 38.5 Å². The maximum Gasteiger partial charge on any atom is 0.472 e. The molecule has 0 aromatic heterocycles. The molecule has 0 aliphatic rings. The van der Waals surface area contributed by atoms with Crippen LogP contribution in [0.4, 0.5) is 0 Å². The SMILES string of the molecule is CCCCCCCCCCCCCC(=O)OC(COC(=O)CCCCCCCCC)COP(=O)(O)OCC(O)CO. The first kappa shape index (κ1) is 40.0. The van der Waals surface area contributed by atoms with Crippen molar-refractivity contribution < 1.29 is 47.8 Å². The van der Waals surface area contributed by atoms with Gasteiger partial charge in [-0.3, -0.25) is 18.6 Å². The summed E-state index contributed by atoms with van der Waals surface area (Å²) in [5, 5.41) is 18.1. The normalized spacial score (nSPS) is 14.4. The van der Waals surface area contributed by atoms with Gasteiger partial charge in [0, 0.05) is 12.8 Å². The number of carbonyl (C=O) groups is 2. The third-order valence-corrected chi connectivity index (χ3v) is 7.71. The zero-order chi connectivity index (χ0) is 30.6. The molecule has 0 bridgehead atoms. The summed E-state index contributed by atoms with van der Waals surface area (Å²) in [6, 6.07) is 0. The van der Waals surface area contributed by atoms with Crippen LogP contribution in [0.25, 0.3) is 0 Å². The maximum atomic E-state index is 12.4. The second kappa shape index (κ2) is 27.8. The molecule has 0 saturated heterocycles. The number of hydrogen-bond acceptors (Lipinski definition) is 9. The van der Waals surface area contributed by atoms with Gasteiger partial charge in [0.2, 0.25) is 0 Å². The summed E-state index contributed by atoms with van der Waals surface area (Å²) in [6.45, 7) is 2.29. The Bertz CT molecular complexity index is 676. The lowest BCUT2D eigenvalue weighted by atomic mass is 10.1. The summed E-state index contributed by atoms with van der Waals surface area (Å²) in [4.78, 5) is 34.4. The Hall–Kier alpha value is -1.03. The minimum absolute atomic E-state index is 0.190. The van der Waals surface area contributed by atoms with Gasteiger partial charge in [0.15, 0.2) is 6.10 Å². The predicted octanol–water partition coefficient (Wildman–Crippen LogP) is 6.77. The van der Waals surface area contributed by atoms with Crippen LogP contribution in [-0.4, -0.2) is 65.7 Å². The molecular formula is C30H59O10P. The van der Waals surface area contributed by atoms with E-state index < -0.39 is 51.8 Å². The lowest BCUT2D eigenvalue weighted by Crippen LogP contribution is -2.29. The van der Waals surface area contributed by atoms with Crippen molar-refractivity contribution in [2.24, 2.45) is 0 Å². The molecule has 0 heterocycles. The molecular weight excluding hydrogens is 551 g/mol. The van der Waals surface area contributed by atoms with Crippen molar-refractivity contribution in [3.63, 3.8) is 0 Å². The van der Waals surface area contributed by atoms with Crippen molar-refractivity contribution in [3.8, 4) is 0 Å². The quantitative estimate of drug-likeness (QED) is 0.0452. The molecule has 0 aliphatic carbocycles. The van der Waals surface area contributed by atoms with Crippen LogP contribution in [0.1, 0.15) is 142 Å². The van der Waals surface area contributed by atoms with E-state index in [0.29, 0.717) is 12.8 Å². The molecule has 11 heteroatoms. The lowest BCUT2D eigenvalue weighted by molar-refractivity contribution is -0.161. The maximum absolute atomic E-state index is 12.4. The second-order valence-corrected chi connectivity index (χ2v) is 12.3. The van der Waals surface area contributed by atoms with Crippen molar-refractivity contribution in [2.45, 2.75) is 154 Å². The average molecular weight is 611 g/mol. The van der Waals surface area contributed by atoms with Crippen molar-refractivity contribution in [2.75, 3.05) is 26.4 Å². The van der Waals surface area contributed by atoms with Crippen molar-refractivity contribution >= 4 is 19.8 Å². The Labute approximate surface area is 248 Å². The highest BCUT2D eigenvalue weighted by molar-refractivity contribution is 7.47. The molecule has 0 amide bonds. The van der Waals surface area contributed by atoms with Gasteiger partial charge in [-0.15, -0.1) is 0 Å². The number of ether oxygens (including phenoxy) is 2. The summed E-state index contributed by atoms with van der Waals surface area (Å²) < 4.78 is 32.3. The van der Waals surface area contributed by atoms with Crippen LogP contribution in [0, 0.1) is 0 Å². The number of rotatable bonds is 30. The van der Waals surface area contributed by atoms with Crippen LogP contribution in [0.3, 0.4) is 0 Å². The van der Waals surface area contributed by atoms with Gasteiger partial charge in [-0.2, -0.15) is 0 Å². The second-order valence-electron chi connectivity index (χ2n) is 10.8. The van der Waals surface area contributed by atoms with Crippen LogP contribution < -0.4 is 0 Å². The van der Waals surface area contributed by atoms with Gasteiger partial charge in [-0.25, -0.2) is 4.57 Å². The van der Waals surface area contributed by atoms with Crippen molar-refractivity contribution in [3.05, 3.63) is 0 Å². The first-order valence-electron chi connectivity index (χ1n) is 16.0. The molecule has 0 spiro atoms. The highest BCUT2D eigenvalue weighted by Gasteiger charge is 2.27. The smallest absolute Gasteiger partial charge is 0.462 e. The molecule has 0 aromatic carbocycles. The van der Waals surface area contributed by atoms with E-state index in [1.165, 1.54) is 64.2 Å². The van der Waals surface area contributed by atoms with E-state index in [4.69, 9.17) is 19.1 Å². The summed E-state index contributed by atoms with van der Waals surface area (Å²) in [7, 11) is -4.59. The van der Waals surface area contributed by atoms with Crippen LogP contribution >= 0.6 is 7.82 Å². The van der Waals surface area contributed by atoms with Gasteiger partial charge < -0.3 is 24.6 Å². The highest BCUT2D eigenvalue weighted by atomic mass is 31.2. The molecule has 0 aliphatic heterocycles. The number of aliphatic hydroxyl groups is 2. The monoisotopic (exact) mass is 610 g/mol. The minimum atomic E-state index is -4.59. The first-order chi connectivity index (χ1) is 19.7. The average Bonchev–Trinajstić information content (AvgIpc) is 2.95. The zero-order valence-corrected chi connectivity index (χ0v) is 26.7. The number of esters is 2. The molecule has 10 nitrogen and oxygen atoms in total. The molecule has 3 atom stereocenters. The third-order valence-electron chi connectivity index (χ3n) is 6.76. The van der Waals surface area contributed by atoms with Gasteiger partial charge in [0.05, 0.1) is 19.8 Å². The lowest BCUT2D eigenvalue weighted by Gasteiger charge is -2.20. The van der Waals surface area contributed by atoms with Crippen LogP contribution in [0.15, 0.2) is 0 Å². The van der Waals surface area contributed by atoms with E-state index >= 15 is 0 Å². The number of unbranched alkanes of at least 4 members (excludes halogenated alkanes) is 16. The van der Waals surface area contributed by atoms with Gasteiger partial charge in [-0.1, -0.05) is 117 Å². The molecule has 0 radical (unpaired) electrons. The van der Waals surface area contributed by atoms with E-state index in [1.807, 2.05) is 0 Å². The Morgan fingerprint density at radius 1 is 0.634 bits per heavy atom. The fraction of sp³-hybridized carbons (Fsp3) is 0.933.